The van der Waals surface area contributed by atoms with Crippen molar-refractivity contribution < 1.29 is 4.79 Å². The summed E-state index contributed by atoms with van der Waals surface area (Å²) >= 11 is 0. The summed E-state index contributed by atoms with van der Waals surface area (Å²) in [5.41, 5.74) is 8.16. The molecule has 3 N–H and O–H groups in total. The van der Waals surface area contributed by atoms with Gasteiger partial charge in [0.15, 0.2) is 0 Å². The molecule has 118 valence electrons. The molecule has 2 rings (SSSR count). The molecule has 1 heterocycles. The molecule has 6 heteroatoms. The van der Waals surface area contributed by atoms with E-state index in [1.54, 1.807) is 0 Å². The average molecular weight is 313 g/mol. The van der Waals surface area contributed by atoms with E-state index >= 15 is 0 Å². The van der Waals surface area contributed by atoms with E-state index in [1.807, 2.05) is 19.9 Å². The minimum absolute atomic E-state index is 0. The Morgan fingerprint density at radius 1 is 1.43 bits per heavy atom. The summed E-state index contributed by atoms with van der Waals surface area (Å²) in [7, 11) is 0. The Morgan fingerprint density at radius 2 is 2.19 bits per heavy atom. The molecule has 0 aliphatic heterocycles. The molecule has 1 aromatic rings. The highest BCUT2D eigenvalue weighted by Gasteiger charge is 2.20. The maximum absolute atomic E-state index is 12.3. The molecule has 5 nitrogen and oxygen atoms in total. The number of carbonyl (C=O) groups excluding carboxylic acids is 1. The Morgan fingerprint density at radius 3 is 2.86 bits per heavy atom. The summed E-state index contributed by atoms with van der Waals surface area (Å²) in [5.74, 6) is 0.461. The predicted molar refractivity (Wildman–Crippen MR) is 85.7 cm³/mol. The van der Waals surface area contributed by atoms with E-state index in [9.17, 15) is 4.79 Å². The van der Waals surface area contributed by atoms with Crippen LogP contribution in [-0.2, 0) is 6.42 Å². The number of hydrogen-bond donors (Lipinski definition) is 2. The van der Waals surface area contributed by atoms with Gasteiger partial charge >= 0.3 is 0 Å². The Bertz CT molecular complexity index is 481. The third kappa shape index (κ3) is 4.93. The third-order valence-electron chi connectivity index (χ3n) is 3.95. The fourth-order valence-electron chi connectivity index (χ4n) is 2.82. The average Bonchev–Trinajstić information content (AvgIpc) is 2.45. The zero-order chi connectivity index (χ0) is 14.5. The van der Waals surface area contributed by atoms with E-state index in [0.29, 0.717) is 30.5 Å². The minimum Gasteiger partial charge on any atom is -0.352 e. The number of nitrogens with one attached hydrogen (secondary N) is 1. The van der Waals surface area contributed by atoms with Crippen LogP contribution in [0.3, 0.4) is 0 Å². The molecule has 0 spiro atoms. The number of halogens is 1. The summed E-state index contributed by atoms with van der Waals surface area (Å²) in [6, 6.07) is 2.11. The van der Waals surface area contributed by atoms with Gasteiger partial charge in [-0.25, -0.2) is 0 Å². The molecular weight excluding hydrogens is 288 g/mol. The van der Waals surface area contributed by atoms with Crippen molar-refractivity contribution in [2.45, 2.75) is 52.0 Å². The van der Waals surface area contributed by atoms with Gasteiger partial charge in [-0.3, -0.25) is 4.79 Å². The van der Waals surface area contributed by atoms with E-state index in [1.165, 1.54) is 0 Å². The number of carbonyl (C=O) groups is 1. The lowest BCUT2D eigenvalue weighted by molar-refractivity contribution is 0.0940. The van der Waals surface area contributed by atoms with Crippen molar-refractivity contribution in [3.8, 4) is 0 Å². The molecule has 1 aliphatic rings. The Hall–Kier alpha value is -1.20. The van der Waals surface area contributed by atoms with Gasteiger partial charge in [-0.2, -0.15) is 10.2 Å². The zero-order valence-corrected chi connectivity index (χ0v) is 13.6. The van der Waals surface area contributed by atoms with Crippen molar-refractivity contribution >= 4 is 18.3 Å². The Kier molecular flexibility index (Phi) is 7.05. The summed E-state index contributed by atoms with van der Waals surface area (Å²) in [4.78, 5) is 12.3. The maximum Gasteiger partial charge on any atom is 0.253 e. The van der Waals surface area contributed by atoms with Gasteiger partial charge in [-0.05, 0) is 44.6 Å². The van der Waals surface area contributed by atoms with Crippen molar-refractivity contribution in [1.82, 2.24) is 15.5 Å². The van der Waals surface area contributed by atoms with Gasteiger partial charge in [0.25, 0.3) is 5.91 Å². The van der Waals surface area contributed by atoms with Crippen LogP contribution in [0.4, 0.5) is 0 Å². The van der Waals surface area contributed by atoms with Crippen LogP contribution in [0.1, 0.15) is 54.4 Å². The molecular formula is C15H25ClN4O. The van der Waals surface area contributed by atoms with Crippen molar-refractivity contribution in [2.24, 2.45) is 11.7 Å². The van der Waals surface area contributed by atoms with Crippen molar-refractivity contribution in [1.29, 1.82) is 0 Å². The zero-order valence-electron chi connectivity index (χ0n) is 12.8. The number of hydrogen-bond acceptors (Lipinski definition) is 4. The Balaban J connectivity index is 0.00000220. The van der Waals surface area contributed by atoms with E-state index < -0.39 is 0 Å². The number of nitrogens with zero attached hydrogens (tertiary/aromatic N) is 2. The summed E-state index contributed by atoms with van der Waals surface area (Å²) in [6.07, 6.45) is 5.15. The molecule has 1 saturated carbocycles. The first kappa shape index (κ1) is 17.9. The second-order valence-electron chi connectivity index (χ2n) is 5.70. The first-order valence-electron chi connectivity index (χ1n) is 7.47. The molecule has 2 atom stereocenters. The number of nitrogens with two attached hydrogens (primary N) is 1. The van der Waals surface area contributed by atoms with E-state index in [4.69, 9.17) is 5.73 Å². The largest absolute Gasteiger partial charge is 0.352 e. The van der Waals surface area contributed by atoms with Gasteiger partial charge < -0.3 is 11.1 Å². The first-order valence-corrected chi connectivity index (χ1v) is 7.47. The first-order chi connectivity index (χ1) is 9.60. The van der Waals surface area contributed by atoms with E-state index in [-0.39, 0.29) is 18.3 Å². The van der Waals surface area contributed by atoms with Crippen LogP contribution < -0.4 is 11.1 Å². The van der Waals surface area contributed by atoms with Crippen molar-refractivity contribution in [3.05, 3.63) is 23.0 Å². The molecule has 1 aliphatic carbocycles. The third-order valence-corrected chi connectivity index (χ3v) is 3.95. The fourth-order valence-corrected chi connectivity index (χ4v) is 2.82. The molecule has 0 bridgehead atoms. The fraction of sp³-hybridized carbons (Fsp3) is 0.667. The summed E-state index contributed by atoms with van der Waals surface area (Å²) in [5, 5.41) is 11.1. The smallest absolute Gasteiger partial charge is 0.253 e. The molecule has 0 radical (unpaired) electrons. The second kappa shape index (κ2) is 8.29. The standard InChI is InChI=1S/C15H24N4O.ClH/c1-3-14-13(7-10(2)18-19-14)15(20)17-9-11-5-4-6-12(16)8-11;/h7,11-12H,3-6,8-9,16H2,1-2H3,(H,17,20);1H. The highest BCUT2D eigenvalue weighted by atomic mass is 35.5. The second-order valence-corrected chi connectivity index (χ2v) is 5.70. The topological polar surface area (TPSA) is 80.9 Å². The highest BCUT2D eigenvalue weighted by molar-refractivity contribution is 5.95. The van der Waals surface area contributed by atoms with E-state index in [0.717, 1.165) is 37.1 Å². The minimum atomic E-state index is -0.0426. The van der Waals surface area contributed by atoms with Gasteiger partial charge in [-0.15, -0.1) is 12.4 Å². The molecule has 0 saturated heterocycles. The molecule has 1 amide bonds. The number of aromatic nitrogens is 2. The maximum atomic E-state index is 12.3. The van der Waals surface area contributed by atoms with Crippen molar-refractivity contribution in [2.75, 3.05) is 6.54 Å². The lowest BCUT2D eigenvalue weighted by atomic mass is 9.86. The van der Waals surface area contributed by atoms with Gasteiger partial charge in [0.2, 0.25) is 0 Å². The summed E-state index contributed by atoms with van der Waals surface area (Å²) < 4.78 is 0. The van der Waals surface area contributed by atoms with Gasteiger partial charge in [0.05, 0.1) is 17.0 Å². The molecule has 21 heavy (non-hydrogen) atoms. The normalized spacial score (nSPS) is 21.5. The molecule has 1 aromatic heterocycles. The van der Waals surface area contributed by atoms with Crippen LogP contribution in [0.2, 0.25) is 0 Å². The lowest BCUT2D eigenvalue weighted by Gasteiger charge is -2.26. The molecule has 0 aromatic carbocycles. The molecule has 2 unspecified atom stereocenters. The van der Waals surface area contributed by atoms with Crippen LogP contribution in [0.25, 0.3) is 0 Å². The molecule has 1 fully saturated rings. The number of rotatable bonds is 4. The quantitative estimate of drug-likeness (QED) is 0.891. The van der Waals surface area contributed by atoms with Crippen LogP contribution in [-0.4, -0.2) is 28.7 Å². The van der Waals surface area contributed by atoms with Crippen molar-refractivity contribution in [3.63, 3.8) is 0 Å². The monoisotopic (exact) mass is 312 g/mol. The van der Waals surface area contributed by atoms with Crippen LogP contribution in [0.5, 0.6) is 0 Å². The highest BCUT2D eigenvalue weighted by Crippen LogP contribution is 2.22. The SMILES string of the molecule is CCc1nnc(C)cc1C(=O)NCC1CCCC(N)C1.Cl. The summed E-state index contributed by atoms with van der Waals surface area (Å²) in [6.45, 7) is 4.54. The van der Waals surface area contributed by atoms with Gasteiger partial charge in [-0.1, -0.05) is 13.3 Å². The van der Waals surface area contributed by atoms with Gasteiger partial charge in [0.1, 0.15) is 0 Å². The lowest BCUT2D eigenvalue weighted by Crippen LogP contribution is -2.36. The predicted octanol–water partition coefficient (Wildman–Crippen LogP) is 2.02. The Labute approximate surface area is 132 Å². The van der Waals surface area contributed by atoms with Crippen LogP contribution in [0, 0.1) is 12.8 Å². The number of amides is 1. The van der Waals surface area contributed by atoms with Crippen LogP contribution in [0.15, 0.2) is 6.07 Å². The van der Waals surface area contributed by atoms with Crippen LogP contribution >= 0.6 is 12.4 Å². The van der Waals surface area contributed by atoms with E-state index in [2.05, 4.69) is 15.5 Å². The number of aryl methyl sites for hydroxylation is 2. The van der Waals surface area contributed by atoms with Gasteiger partial charge in [0, 0.05) is 12.6 Å².